The molecule has 10 heteroatoms. The first-order valence-corrected chi connectivity index (χ1v) is 7.95. The van der Waals surface area contributed by atoms with Crippen molar-refractivity contribution in [2.45, 2.75) is 31.6 Å². The third-order valence-electron chi connectivity index (χ3n) is 4.37. The lowest BCUT2D eigenvalue weighted by Crippen LogP contribution is -2.55. The van der Waals surface area contributed by atoms with Crippen LogP contribution in [0.4, 0.5) is 26.3 Å². The second kappa shape index (κ2) is 7.09. The third-order valence-corrected chi connectivity index (χ3v) is 4.37. The fourth-order valence-electron chi connectivity index (χ4n) is 3.23. The van der Waals surface area contributed by atoms with Gasteiger partial charge in [-0.05, 0) is 60.4 Å². The number of carbonyl (C=O) groups is 2. The van der Waals surface area contributed by atoms with Crippen LogP contribution in [-0.4, -0.2) is 34.5 Å². The summed E-state index contributed by atoms with van der Waals surface area (Å²) in [6.45, 7) is 2.32. The Kier molecular flexibility index (Phi) is 5.44. The van der Waals surface area contributed by atoms with E-state index in [0.717, 1.165) is 26.0 Å². The maximum atomic E-state index is 14.2. The lowest BCUT2D eigenvalue weighted by Gasteiger charge is -2.39. The van der Waals surface area contributed by atoms with Crippen LogP contribution >= 0.6 is 0 Å². The summed E-state index contributed by atoms with van der Waals surface area (Å²) in [5.74, 6) is -3.41. The van der Waals surface area contributed by atoms with Crippen molar-refractivity contribution in [3.05, 3.63) is 69.8 Å². The maximum absolute atomic E-state index is 14.2. The number of aromatic carboxylic acids is 2. The largest absolute Gasteiger partial charge is 0.478 e. The highest BCUT2D eigenvalue weighted by molar-refractivity contribution is 5.89. The highest BCUT2D eigenvalue weighted by Crippen LogP contribution is 2.56. The summed E-state index contributed by atoms with van der Waals surface area (Å²) in [7, 11) is 0. The standard InChI is InChI=1S/C19H14F6O4/c1-9-3-11(15(26)27)7-13(5-9)17(18(20,21)22,19(23,24)25)14-6-10(2)4-12(8-14)16(28)29/h3-8H,1-2H3,(H,26,27)(H,28,29). The average Bonchev–Trinajstić information content (AvgIpc) is 2.51. The van der Waals surface area contributed by atoms with E-state index in [2.05, 4.69) is 0 Å². The van der Waals surface area contributed by atoms with Gasteiger partial charge in [-0.1, -0.05) is 12.1 Å². The van der Waals surface area contributed by atoms with Crippen molar-refractivity contribution >= 4 is 11.9 Å². The average molecular weight is 420 g/mol. The van der Waals surface area contributed by atoms with E-state index in [1.165, 1.54) is 0 Å². The minimum atomic E-state index is -5.96. The van der Waals surface area contributed by atoms with Crippen LogP contribution in [0.25, 0.3) is 0 Å². The van der Waals surface area contributed by atoms with Gasteiger partial charge >= 0.3 is 24.3 Å². The molecule has 0 aliphatic rings. The van der Waals surface area contributed by atoms with Crippen molar-refractivity contribution in [3.8, 4) is 0 Å². The van der Waals surface area contributed by atoms with Crippen LogP contribution in [0.15, 0.2) is 36.4 Å². The van der Waals surface area contributed by atoms with E-state index in [-0.39, 0.29) is 11.1 Å². The lowest BCUT2D eigenvalue weighted by molar-refractivity contribution is -0.288. The number of hydrogen-bond donors (Lipinski definition) is 2. The van der Waals surface area contributed by atoms with Gasteiger partial charge in [-0.2, -0.15) is 26.3 Å². The fourth-order valence-corrected chi connectivity index (χ4v) is 3.23. The molecule has 156 valence electrons. The Labute approximate surface area is 160 Å². The molecule has 2 aromatic rings. The molecule has 29 heavy (non-hydrogen) atoms. The van der Waals surface area contributed by atoms with E-state index in [4.69, 9.17) is 10.2 Å². The molecule has 0 aromatic heterocycles. The zero-order chi connectivity index (χ0) is 22.4. The summed E-state index contributed by atoms with van der Waals surface area (Å²) < 4.78 is 84.9. The molecular weight excluding hydrogens is 406 g/mol. The predicted octanol–water partition coefficient (Wildman–Crippen LogP) is 5.11. The van der Waals surface area contributed by atoms with Crippen molar-refractivity contribution in [1.29, 1.82) is 0 Å². The number of aryl methyl sites for hydroxylation is 2. The number of hydrogen-bond acceptors (Lipinski definition) is 2. The Morgan fingerprint density at radius 2 is 0.966 bits per heavy atom. The van der Waals surface area contributed by atoms with Gasteiger partial charge in [-0.25, -0.2) is 9.59 Å². The Bertz CT molecular complexity index is 896. The SMILES string of the molecule is Cc1cc(C(=O)O)cc(C(c2cc(C)cc(C(=O)O)c2)(C(F)(F)F)C(F)(F)F)c1. The molecule has 0 radical (unpaired) electrons. The number of halogens is 6. The van der Waals surface area contributed by atoms with Gasteiger partial charge in [0.05, 0.1) is 11.1 Å². The highest BCUT2D eigenvalue weighted by Gasteiger charge is 2.72. The van der Waals surface area contributed by atoms with Gasteiger partial charge in [-0.15, -0.1) is 0 Å². The van der Waals surface area contributed by atoms with Crippen LogP contribution in [0, 0.1) is 13.8 Å². The van der Waals surface area contributed by atoms with Gasteiger partial charge in [-0.3, -0.25) is 0 Å². The normalized spacial score (nSPS) is 12.7. The molecule has 0 saturated carbocycles. The number of benzene rings is 2. The molecule has 0 atom stereocenters. The Hall–Kier alpha value is -3.04. The Morgan fingerprint density at radius 1 is 0.655 bits per heavy atom. The fraction of sp³-hybridized carbons (Fsp3) is 0.263. The first-order chi connectivity index (χ1) is 13.1. The molecule has 0 unspecified atom stereocenters. The van der Waals surface area contributed by atoms with E-state index in [0.29, 0.717) is 24.3 Å². The molecule has 2 aromatic carbocycles. The van der Waals surface area contributed by atoms with Crippen LogP contribution in [0.1, 0.15) is 43.0 Å². The molecule has 0 aliphatic heterocycles. The van der Waals surface area contributed by atoms with Gasteiger partial charge in [0.15, 0.2) is 0 Å². The molecule has 2 rings (SSSR count). The monoisotopic (exact) mass is 420 g/mol. The maximum Gasteiger partial charge on any atom is 0.411 e. The molecular formula is C19H14F6O4. The summed E-state index contributed by atoms with van der Waals surface area (Å²) >= 11 is 0. The third kappa shape index (κ3) is 3.79. The smallest absolute Gasteiger partial charge is 0.411 e. The summed E-state index contributed by atoms with van der Waals surface area (Å²) in [6.07, 6.45) is -11.9. The van der Waals surface area contributed by atoms with Crippen LogP contribution in [0.2, 0.25) is 0 Å². The Morgan fingerprint density at radius 3 is 1.21 bits per heavy atom. The van der Waals surface area contributed by atoms with E-state index in [1.807, 2.05) is 0 Å². The second-order valence-electron chi connectivity index (χ2n) is 6.53. The van der Waals surface area contributed by atoms with Crippen LogP contribution < -0.4 is 0 Å². The molecule has 0 heterocycles. The summed E-state index contributed by atoms with van der Waals surface area (Å²) in [5.41, 5.74) is -9.15. The van der Waals surface area contributed by atoms with E-state index < -0.39 is 52.0 Å². The van der Waals surface area contributed by atoms with Gasteiger partial charge in [0.1, 0.15) is 0 Å². The molecule has 0 bridgehead atoms. The summed E-state index contributed by atoms with van der Waals surface area (Å²) in [6, 6.07) is 3.66. The number of carboxylic acid groups (broad SMARTS) is 2. The molecule has 0 saturated heterocycles. The van der Waals surface area contributed by atoms with Crippen LogP contribution in [0.5, 0.6) is 0 Å². The highest BCUT2D eigenvalue weighted by atomic mass is 19.4. The minimum Gasteiger partial charge on any atom is -0.478 e. The quantitative estimate of drug-likeness (QED) is 0.674. The molecule has 4 nitrogen and oxygen atoms in total. The molecule has 0 spiro atoms. The zero-order valence-electron chi connectivity index (χ0n) is 14.9. The van der Waals surface area contributed by atoms with Gasteiger partial charge in [0.25, 0.3) is 0 Å². The van der Waals surface area contributed by atoms with Crippen molar-refractivity contribution in [2.24, 2.45) is 0 Å². The molecule has 0 aliphatic carbocycles. The topological polar surface area (TPSA) is 74.6 Å². The van der Waals surface area contributed by atoms with Crippen molar-refractivity contribution in [2.75, 3.05) is 0 Å². The molecule has 2 N–H and O–H groups in total. The van der Waals surface area contributed by atoms with Gasteiger partial charge in [0, 0.05) is 0 Å². The second-order valence-corrected chi connectivity index (χ2v) is 6.53. The van der Waals surface area contributed by atoms with E-state index in [9.17, 15) is 35.9 Å². The lowest BCUT2D eigenvalue weighted by atomic mass is 9.71. The molecule has 0 fully saturated rings. The Balaban J connectivity index is 3.08. The summed E-state index contributed by atoms with van der Waals surface area (Å²) in [5, 5.41) is 18.2. The predicted molar refractivity (Wildman–Crippen MR) is 89.2 cm³/mol. The number of rotatable bonds is 4. The van der Waals surface area contributed by atoms with Crippen molar-refractivity contribution < 1.29 is 46.1 Å². The molecule has 0 amide bonds. The zero-order valence-corrected chi connectivity index (χ0v) is 14.9. The van der Waals surface area contributed by atoms with Gasteiger partial charge < -0.3 is 10.2 Å². The van der Waals surface area contributed by atoms with E-state index >= 15 is 0 Å². The summed E-state index contributed by atoms with van der Waals surface area (Å²) in [4.78, 5) is 22.5. The minimum absolute atomic E-state index is 0.135. The van der Waals surface area contributed by atoms with E-state index in [1.54, 1.807) is 0 Å². The first-order valence-electron chi connectivity index (χ1n) is 7.95. The van der Waals surface area contributed by atoms with Crippen LogP contribution in [-0.2, 0) is 5.41 Å². The number of carboxylic acids is 2. The van der Waals surface area contributed by atoms with Crippen molar-refractivity contribution in [3.63, 3.8) is 0 Å². The van der Waals surface area contributed by atoms with Gasteiger partial charge in [0.2, 0.25) is 5.41 Å². The number of alkyl halides is 6. The van der Waals surface area contributed by atoms with Crippen molar-refractivity contribution in [1.82, 2.24) is 0 Å². The first kappa shape index (κ1) is 22.3. The van der Waals surface area contributed by atoms with Crippen LogP contribution in [0.3, 0.4) is 0 Å².